The summed E-state index contributed by atoms with van der Waals surface area (Å²) in [6.07, 6.45) is 5.97. The summed E-state index contributed by atoms with van der Waals surface area (Å²) in [5, 5.41) is 18.7. The van der Waals surface area contributed by atoms with Gasteiger partial charge < -0.3 is 37.6 Å². The Morgan fingerprint density at radius 2 is 1.44 bits per heavy atom. The fraction of sp³-hybridized carbons (Fsp3) is 0.519. The standard InChI is InChI=1S/C52H70N7O8P/c1-9-11-30-57(31-12-10-2)38-55-50-41(36-63-32-16-28-53)35-58(51(60)56-50)49-34-47(67-68(65-33-17-29-54)59(39(3)4)40(5)6)48(66-49)37-64-52(42-18-14-13-15-19-42,43-20-24-45(61-7)25-21-43)44-22-26-46(62-8)27-23-44/h13-15,18-27,35,38-40,47-49H,9-12,16-17,30-34,36-37H2,1-8H3/t47-,48+,49+,68?/m0/s1. The van der Waals surface area contributed by atoms with E-state index in [9.17, 15) is 15.3 Å². The summed E-state index contributed by atoms with van der Waals surface area (Å²) in [5.74, 6) is 1.64. The second-order valence-electron chi connectivity index (χ2n) is 17.1. The van der Waals surface area contributed by atoms with Crippen LogP contribution in [0.25, 0.3) is 0 Å². The Bertz CT molecular complexity index is 2220. The van der Waals surface area contributed by atoms with Crippen LogP contribution in [0.2, 0.25) is 0 Å². The van der Waals surface area contributed by atoms with Crippen LogP contribution in [0.15, 0.2) is 94.8 Å². The molecule has 0 aliphatic carbocycles. The summed E-state index contributed by atoms with van der Waals surface area (Å²) in [4.78, 5) is 25.7. The summed E-state index contributed by atoms with van der Waals surface area (Å²) < 4.78 is 48.5. The van der Waals surface area contributed by atoms with E-state index in [4.69, 9.17) is 37.7 Å². The largest absolute Gasteiger partial charge is 0.497 e. The molecule has 16 heteroatoms. The number of hydrogen-bond acceptors (Lipinski definition) is 13. The Hall–Kier alpha value is -5.22. The van der Waals surface area contributed by atoms with E-state index in [2.05, 4.69) is 68.2 Å². The number of rotatable bonds is 29. The van der Waals surface area contributed by atoms with Gasteiger partial charge in [-0.05, 0) is 81.5 Å². The maximum absolute atomic E-state index is 14.3. The van der Waals surface area contributed by atoms with E-state index in [0.717, 1.165) is 55.5 Å². The third-order valence-corrected chi connectivity index (χ3v) is 13.7. The van der Waals surface area contributed by atoms with Crippen molar-refractivity contribution in [3.05, 3.63) is 118 Å². The Morgan fingerprint density at radius 3 is 1.99 bits per heavy atom. The van der Waals surface area contributed by atoms with E-state index < -0.39 is 38.3 Å². The number of unbranched alkanes of at least 4 members (excludes halogenated alkanes) is 2. The molecule has 0 bridgehead atoms. The quantitative estimate of drug-likeness (QED) is 0.0166. The second-order valence-corrected chi connectivity index (χ2v) is 18.5. The molecule has 1 saturated heterocycles. The smallest absolute Gasteiger partial charge is 0.351 e. The fourth-order valence-electron chi connectivity index (χ4n) is 8.13. The van der Waals surface area contributed by atoms with Crippen molar-refractivity contribution in [2.75, 3.05) is 47.1 Å². The highest BCUT2D eigenvalue weighted by Crippen LogP contribution is 2.51. The zero-order valence-corrected chi connectivity index (χ0v) is 42.0. The molecule has 0 spiro atoms. The number of ether oxygens (including phenoxy) is 5. The highest BCUT2D eigenvalue weighted by Gasteiger charge is 2.45. The highest BCUT2D eigenvalue weighted by molar-refractivity contribution is 7.44. The Kier molecular flexibility index (Phi) is 21.9. The first kappa shape index (κ1) is 53.7. The Labute approximate surface area is 404 Å². The van der Waals surface area contributed by atoms with Crippen molar-refractivity contribution in [1.29, 1.82) is 10.5 Å². The molecule has 0 amide bonds. The van der Waals surface area contributed by atoms with Gasteiger partial charge in [0.25, 0.3) is 8.53 Å². The van der Waals surface area contributed by atoms with Crippen molar-refractivity contribution in [3.63, 3.8) is 0 Å². The molecule has 2 heterocycles. The molecule has 68 heavy (non-hydrogen) atoms. The van der Waals surface area contributed by atoms with Crippen molar-refractivity contribution in [1.82, 2.24) is 19.1 Å². The number of nitriles is 2. The zero-order valence-electron chi connectivity index (χ0n) is 41.1. The number of benzene rings is 3. The third kappa shape index (κ3) is 14.4. The molecule has 1 aromatic heterocycles. The molecule has 1 aliphatic heterocycles. The van der Waals surface area contributed by atoms with Gasteiger partial charge >= 0.3 is 5.69 Å². The summed E-state index contributed by atoms with van der Waals surface area (Å²) in [6, 6.07) is 30.0. The lowest BCUT2D eigenvalue weighted by atomic mass is 9.80. The first-order valence-electron chi connectivity index (χ1n) is 23.8. The monoisotopic (exact) mass is 952 g/mol. The van der Waals surface area contributed by atoms with Gasteiger partial charge in [-0.2, -0.15) is 15.5 Å². The number of aliphatic imine (C=N–C) groups is 1. The minimum Gasteiger partial charge on any atom is -0.497 e. The van der Waals surface area contributed by atoms with Crippen LogP contribution >= 0.6 is 8.53 Å². The van der Waals surface area contributed by atoms with Gasteiger partial charge in [0, 0.05) is 43.4 Å². The van der Waals surface area contributed by atoms with Crippen LogP contribution in [-0.2, 0) is 35.5 Å². The molecule has 15 nitrogen and oxygen atoms in total. The first-order chi connectivity index (χ1) is 33.0. The molecule has 1 aliphatic rings. The van der Waals surface area contributed by atoms with Gasteiger partial charge in [0.2, 0.25) is 0 Å². The normalized spacial score (nSPS) is 16.6. The Morgan fingerprint density at radius 1 is 0.868 bits per heavy atom. The molecule has 0 N–H and O–H groups in total. The summed E-state index contributed by atoms with van der Waals surface area (Å²) in [7, 11) is 1.54. The van der Waals surface area contributed by atoms with Gasteiger partial charge in [-0.15, -0.1) is 0 Å². The van der Waals surface area contributed by atoms with Crippen LogP contribution < -0.4 is 15.2 Å². The number of aromatic nitrogens is 2. The van der Waals surface area contributed by atoms with Crippen LogP contribution in [0, 0.1) is 22.7 Å². The lowest BCUT2D eigenvalue weighted by Crippen LogP contribution is -2.39. The minimum atomic E-state index is -1.73. The molecule has 4 atom stereocenters. The lowest BCUT2D eigenvalue weighted by molar-refractivity contribution is -0.0926. The number of nitrogens with zero attached hydrogens (tertiary/aromatic N) is 7. The van der Waals surface area contributed by atoms with Crippen molar-refractivity contribution in [3.8, 4) is 23.6 Å². The first-order valence-corrected chi connectivity index (χ1v) is 24.9. The molecule has 1 fully saturated rings. The molecule has 0 radical (unpaired) electrons. The maximum atomic E-state index is 14.3. The number of methoxy groups -OCH3 is 2. The predicted octanol–water partition coefficient (Wildman–Crippen LogP) is 10.2. The van der Waals surface area contributed by atoms with E-state index in [1.807, 2.05) is 78.9 Å². The van der Waals surface area contributed by atoms with Gasteiger partial charge in [-0.25, -0.2) is 14.5 Å². The van der Waals surface area contributed by atoms with Gasteiger partial charge in [0.05, 0.1) is 78.1 Å². The van der Waals surface area contributed by atoms with Gasteiger partial charge in [-0.1, -0.05) is 81.3 Å². The summed E-state index contributed by atoms with van der Waals surface area (Å²) in [6.45, 7) is 14.8. The molecule has 5 rings (SSSR count). The van der Waals surface area contributed by atoms with Gasteiger partial charge in [0.1, 0.15) is 29.4 Å². The van der Waals surface area contributed by atoms with Crippen molar-refractivity contribution in [2.24, 2.45) is 4.99 Å². The average molecular weight is 952 g/mol. The van der Waals surface area contributed by atoms with Crippen molar-refractivity contribution in [2.45, 2.75) is 129 Å². The van der Waals surface area contributed by atoms with E-state index in [0.29, 0.717) is 17.1 Å². The van der Waals surface area contributed by atoms with E-state index in [-0.39, 0.29) is 63.6 Å². The van der Waals surface area contributed by atoms with Crippen LogP contribution in [0.5, 0.6) is 11.5 Å². The van der Waals surface area contributed by atoms with Crippen LogP contribution in [0.4, 0.5) is 5.82 Å². The number of hydrogen-bond donors (Lipinski definition) is 0. The molecule has 3 aromatic carbocycles. The minimum absolute atomic E-state index is 0.0128. The highest BCUT2D eigenvalue weighted by atomic mass is 31.2. The Balaban J connectivity index is 1.62. The van der Waals surface area contributed by atoms with Gasteiger partial charge in [-0.3, -0.25) is 4.57 Å². The van der Waals surface area contributed by atoms with Crippen LogP contribution in [0.1, 0.15) is 115 Å². The second kappa shape index (κ2) is 27.7. The van der Waals surface area contributed by atoms with Crippen molar-refractivity contribution >= 4 is 20.7 Å². The predicted molar refractivity (Wildman–Crippen MR) is 265 cm³/mol. The van der Waals surface area contributed by atoms with Gasteiger partial charge in [0.15, 0.2) is 5.82 Å². The molecular formula is C52H70N7O8P. The SMILES string of the molecule is CCCCN(C=Nc1nc(=O)n([C@H]2C[C@H](OP(OCCC#N)N(C(C)C)C(C)C)[C@@H](COC(c3ccccc3)(c3ccc(OC)cc3)c3ccc(OC)cc3)O2)cc1COCCC#N)CCCC. The summed E-state index contributed by atoms with van der Waals surface area (Å²) >= 11 is 0. The van der Waals surface area contributed by atoms with E-state index in [1.165, 1.54) is 4.57 Å². The molecule has 366 valence electrons. The maximum Gasteiger partial charge on any atom is 0.351 e. The average Bonchev–Trinajstić information content (AvgIpc) is 3.75. The van der Waals surface area contributed by atoms with Crippen LogP contribution in [-0.4, -0.2) is 96.9 Å². The summed E-state index contributed by atoms with van der Waals surface area (Å²) in [5.41, 5.74) is 1.41. The molecule has 4 aromatic rings. The molecular weight excluding hydrogens is 882 g/mol. The molecule has 1 unspecified atom stereocenters. The van der Waals surface area contributed by atoms with E-state index >= 15 is 0 Å². The third-order valence-electron chi connectivity index (χ3n) is 11.6. The molecule has 0 saturated carbocycles. The fourth-order valence-corrected chi connectivity index (χ4v) is 9.89. The van der Waals surface area contributed by atoms with Crippen LogP contribution in [0.3, 0.4) is 0 Å². The topological polar surface area (TPSA) is 166 Å². The zero-order chi connectivity index (χ0) is 48.9. The van der Waals surface area contributed by atoms with E-state index in [1.54, 1.807) is 26.8 Å². The van der Waals surface area contributed by atoms with Crippen molar-refractivity contribution < 1.29 is 32.7 Å². The lowest BCUT2D eigenvalue weighted by Gasteiger charge is -2.39.